The second-order valence-electron chi connectivity index (χ2n) is 4.51. The fourth-order valence-electron chi connectivity index (χ4n) is 2.03. The van der Waals surface area contributed by atoms with Gasteiger partial charge in [0.2, 0.25) is 11.5 Å². The van der Waals surface area contributed by atoms with Crippen LogP contribution in [0.3, 0.4) is 0 Å². The van der Waals surface area contributed by atoms with E-state index in [0.29, 0.717) is 24.0 Å². The van der Waals surface area contributed by atoms with Gasteiger partial charge in [0.05, 0.1) is 6.61 Å². The largest absolute Gasteiger partial charge is 0.461 e. The zero-order valence-corrected chi connectivity index (χ0v) is 11.2. The van der Waals surface area contributed by atoms with Crippen molar-refractivity contribution in [2.24, 2.45) is 0 Å². The fraction of sp³-hybridized carbons (Fsp3) is 0.462. The highest BCUT2D eigenvalue weighted by atomic mass is 16.5. The van der Waals surface area contributed by atoms with Gasteiger partial charge in [-0.05, 0) is 19.8 Å². The SMILES string of the molecule is CCOC(=O)c1noc2c1CCC(=CN(C)C)C2=O. The van der Waals surface area contributed by atoms with E-state index >= 15 is 0 Å². The van der Waals surface area contributed by atoms with E-state index < -0.39 is 5.97 Å². The molecule has 1 aromatic heterocycles. The third kappa shape index (κ3) is 2.52. The molecule has 0 atom stereocenters. The molecule has 0 amide bonds. The van der Waals surface area contributed by atoms with Gasteiger partial charge in [-0.15, -0.1) is 0 Å². The lowest BCUT2D eigenvalue weighted by molar-refractivity contribution is 0.0513. The number of esters is 1. The third-order valence-electron chi connectivity index (χ3n) is 2.81. The molecule has 0 spiro atoms. The maximum atomic E-state index is 12.2. The van der Waals surface area contributed by atoms with Crippen LogP contribution in [-0.4, -0.2) is 42.5 Å². The zero-order chi connectivity index (χ0) is 14.0. The van der Waals surface area contributed by atoms with Gasteiger partial charge in [0, 0.05) is 31.4 Å². The summed E-state index contributed by atoms with van der Waals surface area (Å²) in [6.07, 6.45) is 2.88. The summed E-state index contributed by atoms with van der Waals surface area (Å²) in [6, 6.07) is 0. The minimum Gasteiger partial charge on any atom is -0.461 e. The average Bonchev–Trinajstić information content (AvgIpc) is 2.77. The lowest BCUT2D eigenvalue weighted by atomic mass is 9.91. The van der Waals surface area contributed by atoms with Crippen molar-refractivity contribution in [1.82, 2.24) is 10.1 Å². The monoisotopic (exact) mass is 264 g/mol. The molecule has 0 saturated heterocycles. The van der Waals surface area contributed by atoms with E-state index in [2.05, 4.69) is 5.16 Å². The van der Waals surface area contributed by atoms with E-state index in [4.69, 9.17) is 9.26 Å². The molecule has 1 heterocycles. The van der Waals surface area contributed by atoms with Gasteiger partial charge >= 0.3 is 5.97 Å². The molecule has 6 heteroatoms. The highest BCUT2D eigenvalue weighted by Gasteiger charge is 2.32. The number of nitrogens with zero attached hydrogens (tertiary/aromatic N) is 2. The van der Waals surface area contributed by atoms with Crippen molar-refractivity contribution in [2.45, 2.75) is 19.8 Å². The van der Waals surface area contributed by atoms with E-state index in [1.807, 2.05) is 14.1 Å². The number of allylic oxidation sites excluding steroid dienone is 1. The predicted molar refractivity (Wildman–Crippen MR) is 66.9 cm³/mol. The number of hydrogen-bond acceptors (Lipinski definition) is 6. The van der Waals surface area contributed by atoms with Crippen LogP contribution >= 0.6 is 0 Å². The zero-order valence-electron chi connectivity index (χ0n) is 11.2. The lowest BCUT2D eigenvalue weighted by Gasteiger charge is -2.14. The topological polar surface area (TPSA) is 72.6 Å². The summed E-state index contributed by atoms with van der Waals surface area (Å²) in [5.41, 5.74) is 1.33. The Morgan fingerprint density at radius 3 is 2.84 bits per heavy atom. The van der Waals surface area contributed by atoms with Crippen molar-refractivity contribution in [3.63, 3.8) is 0 Å². The molecule has 0 aliphatic heterocycles. The average molecular weight is 264 g/mol. The summed E-state index contributed by atoms with van der Waals surface area (Å²) in [5, 5.41) is 3.67. The molecule has 19 heavy (non-hydrogen) atoms. The Balaban J connectivity index is 2.33. The van der Waals surface area contributed by atoms with Crippen molar-refractivity contribution < 1.29 is 18.8 Å². The maximum absolute atomic E-state index is 12.2. The molecule has 1 aliphatic rings. The Morgan fingerprint density at radius 2 is 2.21 bits per heavy atom. The van der Waals surface area contributed by atoms with Crippen molar-refractivity contribution >= 4 is 11.8 Å². The van der Waals surface area contributed by atoms with Crippen LogP contribution in [0.2, 0.25) is 0 Å². The Hall–Kier alpha value is -2.11. The highest BCUT2D eigenvalue weighted by molar-refractivity contribution is 6.10. The van der Waals surface area contributed by atoms with Crippen LogP contribution in [0.15, 0.2) is 16.3 Å². The predicted octanol–water partition coefficient (Wildman–Crippen LogP) is 1.43. The van der Waals surface area contributed by atoms with Crippen LogP contribution in [0.25, 0.3) is 0 Å². The molecule has 0 saturated carbocycles. The van der Waals surface area contributed by atoms with E-state index in [9.17, 15) is 9.59 Å². The standard InChI is InChI=1S/C13H16N2O4/c1-4-18-13(17)10-9-6-5-8(7-15(2)3)11(16)12(9)19-14-10/h7H,4-6H2,1-3H3. The minimum atomic E-state index is -0.541. The first kappa shape index (κ1) is 13.3. The molecule has 0 radical (unpaired) electrons. The molecular weight excluding hydrogens is 248 g/mol. The summed E-state index contributed by atoms with van der Waals surface area (Å²) < 4.78 is 9.90. The molecule has 0 aromatic carbocycles. The van der Waals surface area contributed by atoms with Crippen LogP contribution in [0.4, 0.5) is 0 Å². The maximum Gasteiger partial charge on any atom is 0.360 e. The summed E-state index contributed by atoms with van der Waals surface area (Å²) in [7, 11) is 3.69. The summed E-state index contributed by atoms with van der Waals surface area (Å²) in [6.45, 7) is 1.98. The number of fused-ring (bicyclic) bond motifs is 1. The third-order valence-corrected chi connectivity index (χ3v) is 2.81. The number of carbonyl (C=O) groups is 2. The van der Waals surface area contributed by atoms with Gasteiger partial charge in [-0.25, -0.2) is 4.79 Å². The van der Waals surface area contributed by atoms with Gasteiger partial charge in [0.1, 0.15) is 0 Å². The van der Waals surface area contributed by atoms with Gasteiger partial charge in [0.25, 0.3) is 0 Å². The Morgan fingerprint density at radius 1 is 1.47 bits per heavy atom. The number of Topliss-reactive ketones (excluding diaryl/α,β-unsaturated/α-hetero) is 1. The van der Waals surface area contributed by atoms with Crippen molar-refractivity contribution in [3.05, 3.63) is 28.8 Å². The number of ketones is 1. The first-order valence-corrected chi connectivity index (χ1v) is 6.12. The number of carbonyl (C=O) groups excluding carboxylic acids is 2. The number of ether oxygens (including phenoxy) is 1. The summed E-state index contributed by atoms with van der Waals surface area (Å²) in [5.74, 6) is -0.597. The van der Waals surface area contributed by atoms with E-state index in [1.54, 1.807) is 18.0 Å². The first-order chi connectivity index (χ1) is 9.04. The first-order valence-electron chi connectivity index (χ1n) is 6.12. The van der Waals surface area contributed by atoms with Gasteiger partial charge in [-0.1, -0.05) is 5.16 Å². The van der Waals surface area contributed by atoms with E-state index in [0.717, 1.165) is 0 Å². The lowest BCUT2D eigenvalue weighted by Crippen LogP contribution is -2.17. The summed E-state index contributed by atoms with van der Waals surface area (Å²) in [4.78, 5) is 25.6. The molecule has 102 valence electrons. The van der Waals surface area contributed by atoms with Gasteiger partial charge in [-0.2, -0.15) is 0 Å². The van der Waals surface area contributed by atoms with Gasteiger partial charge in [0.15, 0.2) is 5.69 Å². The van der Waals surface area contributed by atoms with Crippen LogP contribution in [0.1, 0.15) is 40.0 Å². The Kier molecular flexibility index (Phi) is 3.69. The molecular formula is C13H16N2O4. The van der Waals surface area contributed by atoms with Gasteiger partial charge in [-0.3, -0.25) is 4.79 Å². The molecule has 0 unspecified atom stereocenters. The van der Waals surface area contributed by atoms with E-state index in [1.165, 1.54) is 0 Å². The molecule has 0 N–H and O–H groups in total. The Labute approximate surface area is 111 Å². The second kappa shape index (κ2) is 5.26. The second-order valence-corrected chi connectivity index (χ2v) is 4.51. The minimum absolute atomic E-state index is 0.120. The van der Waals surface area contributed by atoms with Crippen LogP contribution < -0.4 is 0 Å². The molecule has 2 rings (SSSR count). The molecule has 6 nitrogen and oxygen atoms in total. The number of hydrogen-bond donors (Lipinski definition) is 0. The van der Waals surface area contributed by atoms with Crippen LogP contribution in [0, 0.1) is 0 Å². The summed E-state index contributed by atoms with van der Waals surface area (Å²) >= 11 is 0. The van der Waals surface area contributed by atoms with Crippen molar-refractivity contribution in [2.75, 3.05) is 20.7 Å². The molecule has 0 bridgehead atoms. The van der Waals surface area contributed by atoms with Crippen molar-refractivity contribution in [1.29, 1.82) is 0 Å². The quantitative estimate of drug-likeness (QED) is 0.607. The highest BCUT2D eigenvalue weighted by Crippen LogP contribution is 2.28. The molecule has 0 fully saturated rings. The van der Waals surface area contributed by atoms with E-state index in [-0.39, 0.29) is 23.8 Å². The number of aromatic nitrogens is 1. The van der Waals surface area contributed by atoms with Gasteiger partial charge < -0.3 is 14.2 Å². The van der Waals surface area contributed by atoms with Crippen LogP contribution in [-0.2, 0) is 11.2 Å². The normalized spacial score (nSPS) is 16.4. The van der Waals surface area contributed by atoms with Crippen LogP contribution in [0.5, 0.6) is 0 Å². The Bertz CT molecular complexity index is 543. The van der Waals surface area contributed by atoms with Crippen molar-refractivity contribution in [3.8, 4) is 0 Å². The smallest absolute Gasteiger partial charge is 0.360 e. The fourth-order valence-corrected chi connectivity index (χ4v) is 2.03. The molecule has 1 aliphatic carbocycles. The molecule has 1 aromatic rings. The number of rotatable bonds is 3.